The molecule has 0 radical (unpaired) electrons. The van der Waals surface area contributed by atoms with Crippen LogP contribution in [0.4, 0.5) is 0 Å². The normalized spacial score (nSPS) is 11.1. The molecule has 0 fully saturated rings. The fourth-order valence-electron chi connectivity index (χ4n) is 0.908. The van der Waals surface area contributed by atoms with Gasteiger partial charge >= 0.3 is 0 Å². The Morgan fingerprint density at radius 1 is 1.36 bits per heavy atom. The second-order valence-corrected chi connectivity index (χ2v) is 3.67. The molecule has 0 spiro atoms. The Bertz CT molecular complexity index is 233. The monoisotopic (exact) mass is 166 g/mol. The Morgan fingerprint density at radius 3 is 2.73 bits per heavy atom. The van der Waals surface area contributed by atoms with Crippen LogP contribution in [0, 0.1) is 0 Å². The summed E-state index contributed by atoms with van der Waals surface area (Å²) in [6, 6.07) is 4.40. The van der Waals surface area contributed by atoms with Crippen molar-refractivity contribution in [2.75, 3.05) is 0 Å². The largest absolute Gasteiger partial charge is 0.141 e. The van der Waals surface area contributed by atoms with E-state index in [1.807, 2.05) is 11.3 Å². The zero-order chi connectivity index (χ0) is 8.10. The molecule has 0 atom stereocenters. The van der Waals surface area contributed by atoms with Crippen molar-refractivity contribution in [3.8, 4) is 0 Å². The number of rotatable bonds is 3. The summed E-state index contributed by atoms with van der Waals surface area (Å²) >= 11 is 1.89. The molecule has 0 aliphatic heterocycles. The minimum absolute atomic E-state index is 1.12. The molecule has 0 bridgehead atoms. The van der Waals surface area contributed by atoms with Gasteiger partial charge in [-0.15, -0.1) is 11.3 Å². The third kappa shape index (κ3) is 2.51. The van der Waals surface area contributed by atoms with E-state index in [0.29, 0.717) is 0 Å². The van der Waals surface area contributed by atoms with E-state index in [0.717, 1.165) is 12.8 Å². The summed E-state index contributed by atoms with van der Waals surface area (Å²) in [5, 5.41) is 0. The third-order valence-corrected chi connectivity index (χ3v) is 2.74. The van der Waals surface area contributed by atoms with Crippen molar-refractivity contribution in [2.24, 2.45) is 0 Å². The highest BCUT2D eigenvalue weighted by Crippen LogP contribution is 2.18. The van der Waals surface area contributed by atoms with Crippen molar-refractivity contribution in [2.45, 2.75) is 26.7 Å². The highest BCUT2D eigenvalue weighted by atomic mass is 32.1. The van der Waals surface area contributed by atoms with E-state index < -0.39 is 0 Å². The lowest BCUT2D eigenvalue weighted by atomic mass is 10.3. The van der Waals surface area contributed by atoms with Crippen LogP contribution in [0.3, 0.4) is 0 Å². The predicted molar refractivity (Wildman–Crippen MR) is 53.0 cm³/mol. The summed E-state index contributed by atoms with van der Waals surface area (Å²) in [5.74, 6) is 0. The Kier molecular flexibility index (Phi) is 3.37. The van der Waals surface area contributed by atoms with Crippen LogP contribution in [0.5, 0.6) is 0 Å². The van der Waals surface area contributed by atoms with Crippen LogP contribution in [0.1, 0.15) is 30.0 Å². The van der Waals surface area contributed by atoms with Gasteiger partial charge in [0.1, 0.15) is 0 Å². The lowest BCUT2D eigenvalue weighted by Gasteiger charge is -1.83. The molecule has 0 nitrogen and oxygen atoms in total. The number of hydrogen-bond donors (Lipinski definition) is 0. The minimum Gasteiger partial charge on any atom is -0.141 e. The maximum atomic E-state index is 2.21. The number of hydrogen-bond acceptors (Lipinski definition) is 1. The lowest BCUT2D eigenvalue weighted by Crippen LogP contribution is -1.63. The van der Waals surface area contributed by atoms with Gasteiger partial charge in [0.15, 0.2) is 0 Å². The first-order valence-corrected chi connectivity index (χ1v) is 4.93. The average Bonchev–Trinajstić information content (AvgIpc) is 2.48. The zero-order valence-corrected chi connectivity index (χ0v) is 7.95. The van der Waals surface area contributed by atoms with Crippen LogP contribution in [0.2, 0.25) is 0 Å². The van der Waals surface area contributed by atoms with Gasteiger partial charge in [-0.3, -0.25) is 0 Å². The molecule has 0 unspecified atom stereocenters. The molecule has 60 valence electrons. The van der Waals surface area contributed by atoms with Crippen molar-refractivity contribution < 1.29 is 0 Å². The smallest absolute Gasteiger partial charge is 0.0270 e. The van der Waals surface area contributed by atoms with Gasteiger partial charge in [0.25, 0.3) is 0 Å². The fourth-order valence-corrected chi connectivity index (χ4v) is 1.79. The Labute approximate surface area is 72.6 Å². The van der Waals surface area contributed by atoms with Gasteiger partial charge in [0.05, 0.1) is 0 Å². The van der Waals surface area contributed by atoms with E-state index in [4.69, 9.17) is 0 Å². The summed E-state index contributed by atoms with van der Waals surface area (Å²) in [6.45, 7) is 4.35. The molecule has 1 aromatic rings. The first-order valence-electron chi connectivity index (χ1n) is 4.12. The molecular weight excluding hydrogens is 152 g/mol. The summed E-state index contributed by atoms with van der Waals surface area (Å²) in [7, 11) is 0. The first kappa shape index (κ1) is 8.54. The fraction of sp³-hybridized carbons (Fsp3) is 0.400. The Hall–Kier alpha value is -0.560. The number of thiophene rings is 1. The van der Waals surface area contributed by atoms with Crippen LogP contribution >= 0.6 is 11.3 Å². The van der Waals surface area contributed by atoms with Crippen LogP contribution < -0.4 is 0 Å². The van der Waals surface area contributed by atoms with Crippen LogP contribution in [0.15, 0.2) is 18.2 Å². The van der Waals surface area contributed by atoms with Gasteiger partial charge in [-0.05, 0) is 31.1 Å². The van der Waals surface area contributed by atoms with Gasteiger partial charge < -0.3 is 0 Å². The predicted octanol–water partition coefficient (Wildman–Crippen LogP) is 3.73. The number of allylic oxidation sites excluding steroid dienone is 1. The zero-order valence-electron chi connectivity index (χ0n) is 7.13. The molecule has 1 heterocycles. The van der Waals surface area contributed by atoms with Crippen molar-refractivity contribution in [3.05, 3.63) is 28.0 Å². The standard InChI is InChI=1S/C10H14S/c1-3-5-6-10-8-7-9(4-2)11-10/h5-8H,3-4H2,1-2H3/b6-5-. The van der Waals surface area contributed by atoms with E-state index in [-0.39, 0.29) is 0 Å². The van der Waals surface area contributed by atoms with Crippen molar-refractivity contribution in [1.82, 2.24) is 0 Å². The van der Waals surface area contributed by atoms with Crippen LogP contribution in [-0.2, 0) is 6.42 Å². The second kappa shape index (κ2) is 4.35. The maximum Gasteiger partial charge on any atom is 0.0270 e. The Morgan fingerprint density at radius 2 is 2.18 bits per heavy atom. The first-order chi connectivity index (χ1) is 5.36. The van der Waals surface area contributed by atoms with Gasteiger partial charge in [-0.1, -0.05) is 19.9 Å². The molecular formula is C10H14S. The van der Waals surface area contributed by atoms with Crippen molar-refractivity contribution in [3.63, 3.8) is 0 Å². The summed E-state index contributed by atoms with van der Waals surface area (Å²) in [5.41, 5.74) is 0. The van der Waals surface area contributed by atoms with Gasteiger partial charge in [-0.25, -0.2) is 0 Å². The maximum absolute atomic E-state index is 2.21. The van der Waals surface area contributed by atoms with Gasteiger partial charge in [0, 0.05) is 9.75 Å². The van der Waals surface area contributed by atoms with E-state index in [9.17, 15) is 0 Å². The summed E-state index contributed by atoms with van der Waals surface area (Å²) in [6.07, 6.45) is 6.68. The Balaban J connectivity index is 2.65. The average molecular weight is 166 g/mol. The molecule has 0 aliphatic rings. The van der Waals surface area contributed by atoms with Crippen LogP contribution in [-0.4, -0.2) is 0 Å². The molecule has 11 heavy (non-hydrogen) atoms. The van der Waals surface area contributed by atoms with Gasteiger partial charge in [-0.2, -0.15) is 0 Å². The van der Waals surface area contributed by atoms with E-state index >= 15 is 0 Å². The molecule has 1 heteroatoms. The summed E-state index contributed by atoms with van der Waals surface area (Å²) in [4.78, 5) is 2.85. The molecule has 0 aromatic carbocycles. The topological polar surface area (TPSA) is 0 Å². The molecule has 0 amide bonds. The quantitative estimate of drug-likeness (QED) is 0.641. The molecule has 0 saturated heterocycles. The molecule has 0 saturated carbocycles. The molecule has 0 N–H and O–H groups in total. The lowest BCUT2D eigenvalue weighted by molar-refractivity contribution is 1.19. The van der Waals surface area contributed by atoms with Crippen molar-refractivity contribution >= 4 is 17.4 Å². The van der Waals surface area contributed by atoms with Gasteiger partial charge in [0.2, 0.25) is 0 Å². The molecule has 1 aromatic heterocycles. The van der Waals surface area contributed by atoms with Crippen LogP contribution in [0.25, 0.3) is 6.08 Å². The van der Waals surface area contributed by atoms with E-state index in [2.05, 4.69) is 38.1 Å². The highest BCUT2D eigenvalue weighted by Gasteiger charge is 1.92. The minimum atomic E-state index is 1.12. The van der Waals surface area contributed by atoms with Crippen molar-refractivity contribution in [1.29, 1.82) is 0 Å². The van der Waals surface area contributed by atoms with E-state index in [1.54, 1.807) is 0 Å². The molecule has 0 aliphatic carbocycles. The third-order valence-electron chi connectivity index (χ3n) is 1.55. The second-order valence-electron chi connectivity index (χ2n) is 2.47. The SMILES string of the molecule is CC/C=C\c1ccc(CC)s1. The van der Waals surface area contributed by atoms with E-state index in [1.165, 1.54) is 9.75 Å². The summed E-state index contributed by atoms with van der Waals surface area (Å²) < 4.78 is 0. The highest BCUT2D eigenvalue weighted by molar-refractivity contribution is 7.12. The molecule has 1 rings (SSSR count). The number of aryl methyl sites for hydroxylation is 1.